The molecule has 194 valence electrons. The Morgan fingerprint density at radius 2 is 1.77 bits per heavy atom. The smallest absolute Gasteiger partial charge is 0.224 e. The van der Waals surface area contributed by atoms with E-state index in [4.69, 9.17) is 0 Å². The zero-order valence-electron chi connectivity index (χ0n) is 21.7. The molecule has 0 atom stereocenters. The highest BCUT2D eigenvalue weighted by Gasteiger charge is 2.15. The van der Waals surface area contributed by atoms with E-state index in [1.54, 1.807) is 24.8 Å². The molecule has 6 aromatic rings. The number of nitrogens with zero attached hydrogens (tertiary/aromatic N) is 3. The second-order valence-electron chi connectivity index (χ2n) is 9.80. The lowest BCUT2D eigenvalue weighted by atomic mass is 10.0. The molecule has 39 heavy (non-hydrogen) atoms. The molecule has 0 saturated heterocycles. The van der Waals surface area contributed by atoms with Crippen LogP contribution in [0.25, 0.3) is 55.4 Å². The van der Waals surface area contributed by atoms with Crippen molar-refractivity contribution in [3.05, 3.63) is 84.7 Å². The van der Waals surface area contributed by atoms with Crippen LogP contribution in [-0.2, 0) is 4.79 Å². The molecule has 1 amide bonds. The van der Waals surface area contributed by atoms with Crippen LogP contribution in [0.5, 0.6) is 0 Å². The molecule has 6 rings (SSSR count). The third-order valence-electron chi connectivity index (χ3n) is 6.83. The van der Waals surface area contributed by atoms with Crippen LogP contribution in [0.1, 0.15) is 31.7 Å². The number of halogens is 1. The van der Waals surface area contributed by atoms with Crippen molar-refractivity contribution in [2.75, 3.05) is 5.32 Å². The Balaban J connectivity index is 1.38. The number of unbranched alkanes of at least 4 members (excludes halogenated alkanes) is 1. The van der Waals surface area contributed by atoms with Crippen LogP contribution in [-0.4, -0.2) is 31.1 Å². The Morgan fingerprint density at radius 3 is 2.62 bits per heavy atom. The topological polar surface area (TPSA) is 99.3 Å². The third-order valence-corrected chi connectivity index (χ3v) is 6.83. The first-order chi connectivity index (χ1) is 19.0. The number of aromatic amines is 2. The summed E-state index contributed by atoms with van der Waals surface area (Å²) in [5.41, 5.74) is 8.31. The van der Waals surface area contributed by atoms with Crippen molar-refractivity contribution in [1.82, 2.24) is 25.1 Å². The lowest BCUT2D eigenvalue weighted by Gasteiger charge is -2.07. The summed E-state index contributed by atoms with van der Waals surface area (Å²) < 4.78 is 14.2. The summed E-state index contributed by atoms with van der Waals surface area (Å²) >= 11 is 0. The minimum Gasteiger partial charge on any atom is -0.352 e. The first-order valence-electron chi connectivity index (χ1n) is 13.0. The van der Waals surface area contributed by atoms with Gasteiger partial charge in [-0.25, -0.2) is 4.39 Å². The number of aromatic nitrogens is 5. The van der Waals surface area contributed by atoms with E-state index < -0.39 is 0 Å². The van der Waals surface area contributed by atoms with E-state index in [1.165, 1.54) is 12.1 Å². The summed E-state index contributed by atoms with van der Waals surface area (Å²) in [4.78, 5) is 24.4. The van der Waals surface area contributed by atoms with E-state index in [-0.39, 0.29) is 11.7 Å². The quantitative estimate of drug-likeness (QED) is 0.205. The molecule has 2 aromatic carbocycles. The fourth-order valence-electron chi connectivity index (χ4n) is 4.93. The Morgan fingerprint density at radius 1 is 0.897 bits per heavy atom. The molecule has 0 aliphatic rings. The van der Waals surface area contributed by atoms with Crippen LogP contribution < -0.4 is 5.32 Å². The predicted octanol–water partition coefficient (Wildman–Crippen LogP) is 7.41. The number of fused-ring (bicyclic) bond motifs is 2. The van der Waals surface area contributed by atoms with Gasteiger partial charge in [0.2, 0.25) is 5.91 Å². The maximum absolute atomic E-state index is 14.2. The summed E-state index contributed by atoms with van der Waals surface area (Å²) in [6.45, 7) is 3.94. The summed E-state index contributed by atoms with van der Waals surface area (Å²) in [7, 11) is 0. The Hall–Kier alpha value is -4.85. The second-order valence-corrected chi connectivity index (χ2v) is 9.80. The zero-order chi connectivity index (χ0) is 26.9. The van der Waals surface area contributed by atoms with Crippen molar-refractivity contribution in [3.63, 3.8) is 0 Å². The maximum atomic E-state index is 14.2. The molecule has 3 N–H and O–H groups in total. The molecule has 0 fully saturated rings. The van der Waals surface area contributed by atoms with Crippen molar-refractivity contribution in [2.45, 2.75) is 33.1 Å². The molecule has 0 spiro atoms. The van der Waals surface area contributed by atoms with Crippen molar-refractivity contribution < 1.29 is 9.18 Å². The number of anilines is 1. The van der Waals surface area contributed by atoms with Gasteiger partial charge in [0.25, 0.3) is 0 Å². The van der Waals surface area contributed by atoms with Crippen molar-refractivity contribution >= 4 is 33.4 Å². The lowest BCUT2D eigenvalue weighted by Crippen LogP contribution is -2.11. The Kier molecular flexibility index (Phi) is 6.36. The van der Waals surface area contributed by atoms with E-state index in [1.807, 2.05) is 37.3 Å². The van der Waals surface area contributed by atoms with Crippen LogP contribution in [0.15, 0.2) is 73.3 Å². The highest BCUT2D eigenvalue weighted by Crippen LogP contribution is 2.35. The fraction of sp³-hybridized carbons (Fsp3) is 0.161. The normalized spacial score (nSPS) is 11.4. The standard InChI is InChI=1S/C31H27FN6O/c1-3-4-5-30(39)35-23-11-21(14-33-15-23)19-6-7-27-25(12-19)31(38-37-27)28-13-24-26(16-34-17-29(24)36-28)20-8-18(2)9-22(32)10-20/h6-17,36H,3-5H2,1-2H3,(H,35,39)(H,37,38). The predicted molar refractivity (Wildman–Crippen MR) is 153 cm³/mol. The molecule has 0 radical (unpaired) electrons. The summed E-state index contributed by atoms with van der Waals surface area (Å²) in [5, 5.41) is 12.5. The summed E-state index contributed by atoms with van der Waals surface area (Å²) in [5.74, 6) is -0.285. The number of hydrogen-bond acceptors (Lipinski definition) is 4. The van der Waals surface area contributed by atoms with Crippen molar-refractivity contribution in [1.29, 1.82) is 0 Å². The van der Waals surface area contributed by atoms with E-state index >= 15 is 0 Å². The fourth-order valence-corrected chi connectivity index (χ4v) is 4.93. The first kappa shape index (κ1) is 24.5. The second kappa shape index (κ2) is 10.1. The zero-order valence-corrected chi connectivity index (χ0v) is 21.7. The van der Waals surface area contributed by atoms with Crippen molar-refractivity contribution in [3.8, 4) is 33.6 Å². The largest absolute Gasteiger partial charge is 0.352 e. The SMILES string of the molecule is CCCCC(=O)Nc1cncc(-c2ccc3[nH]nc(-c4cc5c(-c6cc(C)cc(F)c6)cncc5[nH]4)c3c2)c1. The molecule has 0 aliphatic heterocycles. The minimum absolute atomic E-state index is 0.00977. The molecule has 8 heteroatoms. The number of H-pyrrole nitrogens is 2. The van der Waals surface area contributed by atoms with Gasteiger partial charge in [-0.05, 0) is 66.4 Å². The highest BCUT2D eigenvalue weighted by atomic mass is 19.1. The van der Waals surface area contributed by atoms with Crippen LogP contribution in [0.3, 0.4) is 0 Å². The van der Waals surface area contributed by atoms with Gasteiger partial charge in [0.15, 0.2) is 0 Å². The first-order valence-corrected chi connectivity index (χ1v) is 13.0. The summed E-state index contributed by atoms with van der Waals surface area (Å²) in [6, 6.07) is 15.0. The number of aryl methyl sites for hydroxylation is 1. The molecule has 4 aromatic heterocycles. The van der Waals surface area contributed by atoms with Gasteiger partial charge in [-0.1, -0.05) is 25.5 Å². The average molecular weight is 519 g/mol. The van der Waals surface area contributed by atoms with Crippen LogP contribution in [0.4, 0.5) is 10.1 Å². The van der Waals surface area contributed by atoms with Gasteiger partial charge in [0.05, 0.1) is 34.8 Å². The average Bonchev–Trinajstić information content (AvgIpc) is 3.55. The molecule has 0 aliphatic carbocycles. The number of rotatable bonds is 7. The number of carbonyl (C=O) groups excluding carboxylic acids is 1. The molecule has 0 bridgehead atoms. The van der Waals surface area contributed by atoms with Crippen LogP contribution in [0, 0.1) is 12.7 Å². The monoisotopic (exact) mass is 518 g/mol. The third kappa shape index (κ3) is 4.88. The van der Waals surface area contributed by atoms with Gasteiger partial charge >= 0.3 is 0 Å². The Bertz CT molecular complexity index is 1820. The van der Waals surface area contributed by atoms with Gasteiger partial charge in [-0.15, -0.1) is 0 Å². The molecular weight excluding hydrogens is 491 g/mol. The number of nitrogens with one attached hydrogen (secondary N) is 3. The minimum atomic E-state index is -0.275. The maximum Gasteiger partial charge on any atom is 0.224 e. The summed E-state index contributed by atoms with van der Waals surface area (Å²) in [6.07, 6.45) is 9.28. The Labute approximate surface area is 224 Å². The van der Waals surface area contributed by atoms with Gasteiger partial charge in [-0.2, -0.15) is 5.10 Å². The number of pyridine rings is 2. The van der Waals surface area contributed by atoms with Gasteiger partial charge < -0.3 is 10.3 Å². The van der Waals surface area contributed by atoms with Gasteiger partial charge in [0, 0.05) is 40.7 Å². The van der Waals surface area contributed by atoms with E-state index in [0.29, 0.717) is 12.1 Å². The van der Waals surface area contributed by atoms with Crippen LogP contribution >= 0.6 is 0 Å². The van der Waals surface area contributed by atoms with Crippen molar-refractivity contribution in [2.24, 2.45) is 0 Å². The van der Waals surface area contributed by atoms with Gasteiger partial charge in [-0.3, -0.25) is 19.9 Å². The van der Waals surface area contributed by atoms with Crippen LogP contribution in [0.2, 0.25) is 0 Å². The molecule has 0 saturated carbocycles. The highest BCUT2D eigenvalue weighted by molar-refractivity contribution is 6.01. The number of benzene rings is 2. The number of carbonyl (C=O) groups is 1. The molecule has 7 nitrogen and oxygen atoms in total. The van der Waals surface area contributed by atoms with E-state index in [2.05, 4.69) is 43.5 Å². The van der Waals surface area contributed by atoms with E-state index in [9.17, 15) is 9.18 Å². The number of hydrogen-bond donors (Lipinski definition) is 3. The van der Waals surface area contributed by atoms with E-state index in [0.717, 1.165) is 73.9 Å². The molecular formula is C31H27FN6O. The van der Waals surface area contributed by atoms with Gasteiger partial charge in [0.1, 0.15) is 11.5 Å². The number of amides is 1. The molecule has 4 heterocycles. The lowest BCUT2D eigenvalue weighted by molar-refractivity contribution is -0.116. The molecule has 0 unspecified atom stereocenters.